The maximum atomic E-state index is 9.98. The number of hydrogen-bond acceptors (Lipinski definition) is 3. The van der Waals surface area contributed by atoms with Crippen LogP contribution in [0, 0.1) is 5.92 Å². The number of rotatable bonds is 3. The van der Waals surface area contributed by atoms with E-state index in [-0.39, 0.29) is 36.2 Å². The molecule has 0 rings (SSSR count). The molecular weight excluding hydrogens is 131 g/mol. The van der Waals surface area contributed by atoms with Crippen LogP contribution in [-0.2, 0) is 0 Å². The molecule has 4 heteroatoms. The van der Waals surface area contributed by atoms with Crippen molar-refractivity contribution in [3.05, 3.63) is 0 Å². The van der Waals surface area contributed by atoms with Gasteiger partial charge in [-0.25, -0.2) is 0 Å². The van der Waals surface area contributed by atoms with E-state index in [1.807, 2.05) is 0 Å². The van der Waals surface area contributed by atoms with Gasteiger partial charge >= 0.3 is 29.6 Å². The van der Waals surface area contributed by atoms with Crippen molar-refractivity contribution >= 4 is 0 Å². The second-order valence-electron chi connectivity index (χ2n) is 1.85. The van der Waals surface area contributed by atoms with Gasteiger partial charge in [0.2, 0.25) is 0 Å². The van der Waals surface area contributed by atoms with Gasteiger partial charge in [-0.05, 0) is 12.8 Å². The molecule has 0 aliphatic heterocycles. The first-order valence-electron chi connectivity index (χ1n) is 2.59. The molecule has 0 fully saturated rings. The van der Waals surface area contributed by atoms with Gasteiger partial charge in [-0.1, -0.05) is 0 Å². The normalized spacial score (nSPS) is 16.0. The first-order chi connectivity index (χ1) is 3.72. The Morgan fingerprint density at radius 2 is 2.00 bits per heavy atom. The molecule has 0 aromatic rings. The van der Waals surface area contributed by atoms with E-state index < -0.39 is 18.6 Å². The Balaban J connectivity index is 0. The Labute approximate surface area is 77.0 Å². The molecule has 0 saturated heterocycles. The van der Waals surface area contributed by atoms with E-state index in [1.165, 1.54) is 6.92 Å². The Morgan fingerprint density at radius 3 is 2.00 bits per heavy atom. The minimum absolute atomic E-state index is 0. The smallest absolute Gasteiger partial charge is 0.854 e. The van der Waals surface area contributed by atoms with Crippen molar-refractivity contribution in [2.45, 2.75) is 13.0 Å². The molecule has 50 valence electrons. The third-order valence-electron chi connectivity index (χ3n) is 1.13. The molecule has 2 N–H and O–H groups in total. The number of hydrogen-bond donors (Lipinski definition) is 2. The van der Waals surface area contributed by atoms with Gasteiger partial charge in [0.15, 0.2) is 0 Å². The molecular formula is C5H11NaO3. The molecule has 0 aliphatic carbocycles. The summed E-state index contributed by atoms with van der Waals surface area (Å²) >= 11 is 0. The van der Waals surface area contributed by atoms with Gasteiger partial charge in [0.1, 0.15) is 0 Å². The summed E-state index contributed by atoms with van der Waals surface area (Å²) in [5.74, 6) is -0.491. The van der Waals surface area contributed by atoms with Crippen LogP contribution in [0.2, 0.25) is 0 Å². The fourth-order valence-corrected chi connectivity index (χ4v) is 0.345. The summed E-state index contributed by atoms with van der Waals surface area (Å²) in [5.41, 5.74) is 0. The summed E-state index contributed by atoms with van der Waals surface area (Å²) in [7, 11) is 0. The summed E-state index contributed by atoms with van der Waals surface area (Å²) in [4.78, 5) is 0. The van der Waals surface area contributed by atoms with E-state index in [2.05, 4.69) is 0 Å². The van der Waals surface area contributed by atoms with Crippen LogP contribution in [0.1, 0.15) is 6.92 Å². The van der Waals surface area contributed by atoms with Crippen molar-refractivity contribution in [3.8, 4) is 0 Å². The fourth-order valence-electron chi connectivity index (χ4n) is 0.345. The van der Waals surface area contributed by atoms with Crippen LogP contribution in [0.4, 0.5) is 0 Å². The summed E-state index contributed by atoms with van der Waals surface area (Å²) in [5, 5.41) is 27.0. The van der Waals surface area contributed by atoms with Crippen LogP contribution in [0.25, 0.3) is 0 Å². The van der Waals surface area contributed by atoms with Gasteiger partial charge in [0.05, 0.1) is 6.10 Å². The van der Waals surface area contributed by atoms with Gasteiger partial charge in [-0.15, -0.1) is 6.61 Å². The van der Waals surface area contributed by atoms with Gasteiger partial charge in [-0.2, -0.15) is 0 Å². The van der Waals surface area contributed by atoms with E-state index in [1.54, 1.807) is 0 Å². The number of aliphatic hydroxyl groups excluding tert-OH is 2. The van der Waals surface area contributed by atoms with Crippen molar-refractivity contribution in [2.75, 3.05) is 13.2 Å². The Hall–Kier alpha value is 0.880. The molecule has 0 radical (unpaired) electrons. The summed E-state index contributed by atoms with van der Waals surface area (Å²) in [6.07, 6.45) is -0.683. The van der Waals surface area contributed by atoms with Crippen LogP contribution in [0.5, 0.6) is 0 Å². The predicted octanol–water partition coefficient (Wildman–Crippen LogP) is -4.66. The zero-order valence-corrected chi connectivity index (χ0v) is 7.87. The van der Waals surface area contributed by atoms with Crippen LogP contribution < -0.4 is 34.7 Å². The van der Waals surface area contributed by atoms with E-state index in [0.29, 0.717) is 0 Å². The average Bonchev–Trinajstić information content (AvgIpc) is 1.69. The van der Waals surface area contributed by atoms with Gasteiger partial charge in [0.25, 0.3) is 0 Å². The van der Waals surface area contributed by atoms with Crippen molar-refractivity contribution in [3.63, 3.8) is 0 Å². The maximum absolute atomic E-state index is 9.98. The van der Waals surface area contributed by atoms with Crippen LogP contribution in [-0.4, -0.2) is 29.5 Å². The van der Waals surface area contributed by atoms with Crippen LogP contribution >= 0.6 is 0 Å². The van der Waals surface area contributed by atoms with Crippen molar-refractivity contribution in [1.29, 1.82) is 0 Å². The van der Waals surface area contributed by atoms with E-state index in [4.69, 9.17) is 10.2 Å². The minimum atomic E-state index is -0.683. The third kappa shape index (κ3) is 5.33. The molecule has 9 heavy (non-hydrogen) atoms. The Kier molecular flexibility index (Phi) is 9.75. The third-order valence-corrected chi connectivity index (χ3v) is 1.13. The Morgan fingerprint density at radius 1 is 1.56 bits per heavy atom. The second kappa shape index (κ2) is 6.99. The van der Waals surface area contributed by atoms with Crippen molar-refractivity contribution in [2.24, 2.45) is 5.92 Å². The molecule has 0 heterocycles. The molecule has 2 unspecified atom stereocenters. The van der Waals surface area contributed by atoms with Gasteiger partial charge in [-0.3, -0.25) is 0 Å². The predicted molar refractivity (Wildman–Crippen MR) is 27.1 cm³/mol. The largest absolute Gasteiger partial charge is 1.00 e. The maximum Gasteiger partial charge on any atom is 1.00 e. The summed E-state index contributed by atoms with van der Waals surface area (Å²) in [6, 6.07) is 0. The zero-order valence-electron chi connectivity index (χ0n) is 5.87. The SMILES string of the molecule is CC(O)C(C[O-])CO.[Na+]. The van der Waals surface area contributed by atoms with Gasteiger partial charge in [0, 0.05) is 6.61 Å². The molecule has 0 spiro atoms. The topological polar surface area (TPSA) is 63.5 Å². The van der Waals surface area contributed by atoms with Crippen LogP contribution in [0.15, 0.2) is 0 Å². The van der Waals surface area contributed by atoms with E-state index >= 15 is 0 Å². The Bertz CT molecular complexity index is 54.2. The fraction of sp³-hybridized carbons (Fsp3) is 1.00. The minimum Gasteiger partial charge on any atom is -0.854 e. The van der Waals surface area contributed by atoms with Crippen molar-refractivity contribution < 1.29 is 44.9 Å². The second-order valence-corrected chi connectivity index (χ2v) is 1.85. The molecule has 0 aliphatic rings. The quantitative estimate of drug-likeness (QED) is 0.389. The molecule has 0 amide bonds. The summed E-state index contributed by atoms with van der Waals surface area (Å²) in [6.45, 7) is 0.869. The van der Waals surface area contributed by atoms with Crippen molar-refractivity contribution in [1.82, 2.24) is 0 Å². The van der Waals surface area contributed by atoms with E-state index in [9.17, 15) is 5.11 Å². The molecule has 2 atom stereocenters. The molecule has 0 saturated carbocycles. The molecule has 3 nitrogen and oxygen atoms in total. The molecule has 0 aromatic heterocycles. The number of aliphatic hydroxyl groups is 2. The van der Waals surface area contributed by atoms with Crippen LogP contribution in [0.3, 0.4) is 0 Å². The molecule has 0 bridgehead atoms. The monoisotopic (exact) mass is 142 g/mol. The van der Waals surface area contributed by atoms with E-state index in [0.717, 1.165) is 0 Å². The molecule has 0 aromatic carbocycles. The standard InChI is InChI=1S/C5H11O3.Na/c1-4(8)5(2-6)3-7;/h4-6,8H,2-3H2,1H3;/q-1;+1. The summed E-state index contributed by atoms with van der Waals surface area (Å²) < 4.78 is 0. The first-order valence-corrected chi connectivity index (χ1v) is 2.59. The van der Waals surface area contributed by atoms with Gasteiger partial charge < -0.3 is 15.3 Å². The zero-order chi connectivity index (χ0) is 6.57. The first kappa shape index (κ1) is 12.5. The average molecular weight is 142 g/mol.